The third kappa shape index (κ3) is 7.21. The van der Waals surface area contributed by atoms with Crippen LogP contribution in [0.15, 0.2) is 72.9 Å². The van der Waals surface area contributed by atoms with Gasteiger partial charge in [0.2, 0.25) is 0 Å². The van der Waals surface area contributed by atoms with Crippen molar-refractivity contribution >= 4 is 47.7 Å². The highest BCUT2D eigenvalue weighted by Gasteiger charge is 2.24. The quantitative estimate of drug-likeness (QED) is 0.221. The lowest BCUT2D eigenvalue weighted by Crippen LogP contribution is -2.42. The van der Waals surface area contributed by atoms with Crippen LogP contribution in [0.1, 0.15) is 28.8 Å². The first-order valence-corrected chi connectivity index (χ1v) is 11.6. The Morgan fingerprint density at radius 2 is 1.72 bits per heavy atom. The number of halogens is 2. The SMILES string of the molecule is Cl.O=C(/C=C/c1cnc(NC2CCN(C(=O)c3ccc(Oc4ccccc4)cc3)CC2)c(Cl)c1)NO. The zero-order valence-corrected chi connectivity index (χ0v) is 20.8. The van der Waals surface area contributed by atoms with Crippen LogP contribution in [0.5, 0.6) is 11.5 Å². The van der Waals surface area contributed by atoms with E-state index in [9.17, 15) is 9.59 Å². The van der Waals surface area contributed by atoms with Crippen molar-refractivity contribution in [1.29, 1.82) is 0 Å². The molecule has 0 spiro atoms. The van der Waals surface area contributed by atoms with Crippen molar-refractivity contribution in [3.8, 4) is 11.5 Å². The van der Waals surface area contributed by atoms with E-state index in [0.29, 0.717) is 40.8 Å². The molecule has 2 aromatic carbocycles. The van der Waals surface area contributed by atoms with E-state index >= 15 is 0 Å². The number of carbonyl (C=O) groups is 2. The molecule has 0 radical (unpaired) electrons. The fourth-order valence-electron chi connectivity index (χ4n) is 3.75. The zero-order valence-electron chi connectivity index (χ0n) is 19.3. The van der Waals surface area contributed by atoms with Crippen molar-refractivity contribution in [3.63, 3.8) is 0 Å². The minimum absolute atomic E-state index is 0. The third-order valence-electron chi connectivity index (χ3n) is 5.60. The fraction of sp³-hybridized carbons (Fsp3) is 0.192. The molecule has 0 unspecified atom stereocenters. The topological polar surface area (TPSA) is 104 Å². The molecule has 4 rings (SSSR count). The van der Waals surface area contributed by atoms with Gasteiger partial charge in [-0.2, -0.15) is 0 Å². The number of amides is 2. The summed E-state index contributed by atoms with van der Waals surface area (Å²) in [5.74, 6) is 1.33. The number of rotatable bonds is 7. The third-order valence-corrected chi connectivity index (χ3v) is 5.89. The van der Waals surface area contributed by atoms with Gasteiger partial charge in [0, 0.05) is 37.0 Å². The van der Waals surface area contributed by atoms with Gasteiger partial charge in [-0.1, -0.05) is 29.8 Å². The van der Waals surface area contributed by atoms with E-state index in [4.69, 9.17) is 21.5 Å². The van der Waals surface area contributed by atoms with Crippen LogP contribution in [0.25, 0.3) is 6.08 Å². The summed E-state index contributed by atoms with van der Waals surface area (Å²) in [6, 6.07) is 18.5. The number of benzene rings is 2. The van der Waals surface area contributed by atoms with Crippen LogP contribution in [-0.2, 0) is 4.79 Å². The Labute approximate surface area is 220 Å². The molecule has 0 saturated carbocycles. The van der Waals surface area contributed by atoms with Crippen molar-refractivity contribution in [2.45, 2.75) is 18.9 Å². The molecule has 10 heteroatoms. The molecule has 2 amide bonds. The molecule has 3 aromatic rings. The minimum Gasteiger partial charge on any atom is -0.457 e. The summed E-state index contributed by atoms with van der Waals surface area (Å²) in [4.78, 5) is 30.2. The van der Waals surface area contributed by atoms with E-state index in [1.165, 1.54) is 17.6 Å². The second kappa shape index (κ2) is 12.9. The van der Waals surface area contributed by atoms with E-state index < -0.39 is 5.91 Å². The number of likely N-dealkylation sites (tertiary alicyclic amines) is 1. The predicted molar refractivity (Wildman–Crippen MR) is 141 cm³/mol. The highest BCUT2D eigenvalue weighted by Crippen LogP contribution is 2.25. The maximum Gasteiger partial charge on any atom is 0.267 e. The number of aromatic nitrogens is 1. The number of para-hydroxylation sites is 1. The average Bonchev–Trinajstić information content (AvgIpc) is 2.89. The molecule has 0 atom stereocenters. The molecule has 2 heterocycles. The fourth-order valence-corrected chi connectivity index (χ4v) is 3.98. The van der Waals surface area contributed by atoms with E-state index in [1.54, 1.807) is 36.5 Å². The van der Waals surface area contributed by atoms with Crippen molar-refractivity contribution in [2.24, 2.45) is 0 Å². The van der Waals surface area contributed by atoms with Crippen LogP contribution in [0.4, 0.5) is 5.82 Å². The van der Waals surface area contributed by atoms with Gasteiger partial charge >= 0.3 is 0 Å². The summed E-state index contributed by atoms with van der Waals surface area (Å²) in [6.45, 7) is 1.24. The maximum absolute atomic E-state index is 12.9. The van der Waals surface area contributed by atoms with Crippen LogP contribution in [0.2, 0.25) is 5.02 Å². The number of piperidine rings is 1. The summed E-state index contributed by atoms with van der Waals surface area (Å²) >= 11 is 6.34. The van der Waals surface area contributed by atoms with E-state index in [-0.39, 0.29) is 24.4 Å². The van der Waals surface area contributed by atoms with Gasteiger partial charge in [-0.3, -0.25) is 14.8 Å². The van der Waals surface area contributed by atoms with Crippen LogP contribution >= 0.6 is 24.0 Å². The number of anilines is 1. The Morgan fingerprint density at radius 3 is 2.36 bits per heavy atom. The van der Waals surface area contributed by atoms with Crippen molar-refractivity contribution in [1.82, 2.24) is 15.4 Å². The molecule has 1 fully saturated rings. The molecule has 3 N–H and O–H groups in total. The lowest BCUT2D eigenvalue weighted by atomic mass is 10.0. The Kier molecular flexibility index (Phi) is 9.69. The number of ether oxygens (including phenoxy) is 1. The summed E-state index contributed by atoms with van der Waals surface area (Å²) < 4.78 is 5.79. The monoisotopic (exact) mass is 528 g/mol. The minimum atomic E-state index is -0.638. The number of nitrogens with one attached hydrogen (secondary N) is 2. The first-order valence-electron chi connectivity index (χ1n) is 11.2. The van der Waals surface area contributed by atoms with Gasteiger partial charge in [-0.05, 0) is 66.9 Å². The highest BCUT2D eigenvalue weighted by molar-refractivity contribution is 6.33. The Bertz CT molecular complexity index is 1200. The van der Waals surface area contributed by atoms with E-state index in [2.05, 4.69) is 10.3 Å². The first-order chi connectivity index (χ1) is 17.0. The number of carbonyl (C=O) groups excluding carboxylic acids is 2. The second-order valence-corrected chi connectivity index (χ2v) is 8.47. The number of hydroxylamine groups is 1. The zero-order chi connectivity index (χ0) is 24.6. The molecular weight excluding hydrogens is 503 g/mol. The second-order valence-electron chi connectivity index (χ2n) is 8.06. The van der Waals surface area contributed by atoms with E-state index in [0.717, 1.165) is 18.6 Å². The molecule has 1 aromatic heterocycles. The Hall–Kier alpha value is -3.59. The molecule has 1 saturated heterocycles. The highest BCUT2D eigenvalue weighted by atomic mass is 35.5. The molecule has 0 bridgehead atoms. The molecule has 1 aliphatic heterocycles. The van der Waals surface area contributed by atoms with Gasteiger partial charge in [0.25, 0.3) is 11.8 Å². The van der Waals surface area contributed by atoms with Crippen molar-refractivity contribution < 1.29 is 19.5 Å². The first kappa shape index (κ1) is 27.0. The number of hydrogen-bond donors (Lipinski definition) is 3. The van der Waals surface area contributed by atoms with Gasteiger partial charge < -0.3 is 15.0 Å². The molecule has 8 nitrogen and oxygen atoms in total. The number of hydrogen-bond acceptors (Lipinski definition) is 6. The predicted octanol–water partition coefficient (Wildman–Crippen LogP) is 5.18. The van der Waals surface area contributed by atoms with Gasteiger partial charge in [0.1, 0.15) is 17.3 Å². The summed E-state index contributed by atoms with van der Waals surface area (Å²) in [7, 11) is 0. The standard InChI is InChI=1S/C26H25ClN4O4.ClH/c27-23-16-18(6-11-24(32)30-34)17-28-25(23)29-20-12-14-31(15-13-20)26(33)19-7-9-22(10-8-19)35-21-4-2-1-3-5-21;/h1-11,16-17,20,34H,12-15H2,(H,28,29)(H,30,32);1H/b11-6+;. The number of nitrogens with zero attached hydrogens (tertiary/aromatic N) is 2. The average molecular weight is 529 g/mol. The molecule has 188 valence electrons. The van der Waals surface area contributed by atoms with E-state index in [1.807, 2.05) is 35.2 Å². The van der Waals surface area contributed by atoms with Crippen LogP contribution in [0.3, 0.4) is 0 Å². The van der Waals surface area contributed by atoms with Gasteiger partial charge in [0.05, 0.1) is 5.02 Å². The summed E-state index contributed by atoms with van der Waals surface area (Å²) in [6.07, 6.45) is 5.78. The van der Waals surface area contributed by atoms with Crippen LogP contribution in [-0.4, -0.2) is 46.0 Å². The van der Waals surface area contributed by atoms with Gasteiger partial charge in [-0.15, -0.1) is 12.4 Å². The maximum atomic E-state index is 12.9. The number of pyridine rings is 1. The van der Waals surface area contributed by atoms with Gasteiger partial charge in [0.15, 0.2) is 0 Å². The van der Waals surface area contributed by atoms with Crippen molar-refractivity contribution in [2.75, 3.05) is 18.4 Å². The van der Waals surface area contributed by atoms with Crippen LogP contribution in [0, 0.1) is 0 Å². The van der Waals surface area contributed by atoms with Gasteiger partial charge in [-0.25, -0.2) is 10.5 Å². The lowest BCUT2D eigenvalue weighted by Gasteiger charge is -2.33. The Balaban J connectivity index is 0.00000361. The largest absolute Gasteiger partial charge is 0.457 e. The summed E-state index contributed by atoms with van der Waals surface area (Å²) in [5.41, 5.74) is 2.78. The summed E-state index contributed by atoms with van der Waals surface area (Å²) in [5, 5.41) is 12.3. The smallest absolute Gasteiger partial charge is 0.267 e. The van der Waals surface area contributed by atoms with Crippen molar-refractivity contribution in [3.05, 3.63) is 89.1 Å². The molecule has 36 heavy (non-hydrogen) atoms. The Morgan fingerprint density at radius 1 is 1.06 bits per heavy atom. The lowest BCUT2D eigenvalue weighted by molar-refractivity contribution is -0.124. The molecule has 1 aliphatic rings. The normalized spacial score (nSPS) is 13.7. The molecular formula is C26H26Cl2N4O4. The molecule has 0 aliphatic carbocycles. The van der Waals surface area contributed by atoms with Crippen LogP contribution < -0.4 is 15.5 Å².